The summed E-state index contributed by atoms with van der Waals surface area (Å²) in [5.41, 5.74) is 0.946. The van der Waals surface area contributed by atoms with Crippen LogP contribution >= 0.6 is 0 Å². The molecule has 1 aliphatic heterocycles. The summed E-state index contributed by atoms with van der Waals surface area (Å²) < 4.78 is 54.8. The van der Waals surface area contributed by atoms with Gasteiger partial charge in [0.2, 0.25) is 20.0 Å². The summed E-state index contributed by atoms with van der Waals surface area (Å²) in [6, 6.07) is 8.91. The number of hydrogen-bond donors (Lipinski definition) is 0. The Bertz CT molecular complexity index is 977. The third-order valence-electron chi connectivity index (χ3n) is 4.49. The molecule has 0 unspecified atom stereocenters. The average Bonchev–Trinajstić information content (AvgIpc) is 3.04. The van der Waals surface area contributed by atoms with Crippen molar-refractivity contribution in [1.82, 2.24) is 13.2 Å². The van der Waals surface area contributed by atoms with Crippen molar-refractivity contribution in [2.45, 2.75) is 29.3 Å². The molecule has 0 fully saturated rings. The highest BCUT2D eigenvalue weighted by atomic mass is 32.2. The maximum atomic E-state index is 13.0. The van der Waals surface area contributed by atoms with E-state index in [4.69, 9.17) is 0 Å². The maximum Gasteiger partial charge on any atom is 0.243 e. The van der Waals surface area contributed by atoms with Crippen LogP contribution in [-0.4, -0.2) is 50.7 Å². The highest BCUT2D eigenvalue weighted by Crippen LogP contribution is 2.31. The van der Waals surface area contributed by atoms with Crippen LogP contribution in [0.25, 0.3) is 0 Å². The smallest absolute Gasteiger partial charge is 0.243 e. The number of aromatic nitrogens is 1. The third-order valence-corrected chi connectivity index (χ3v) is 8.31. The fourth-order valence-electron chi connectivity index (χ4n) is 3.02. The van der Waals surface area contributed by atoms with Gasteiger partial charge in [0.15, 0.2) is 0 Å². The number of fused-ring (bicyclic) bond motifs is 1. The summed E-state index contributed by atoms with van der Waals surface area (Å²) in [5.74, 6) is 0. The molecule has 0 saturated heterocycles. The fraction of sp³-hybridized carbons (Fsp3) is 0.375. The van der Waals surface area contributed by atoms with E-state index in [-0.39, 0.29) is 15.8 Å². The first-order valence-corrected chi connectivity index (χ1v) is 10.7. The number of benzene rings is 1. The fourth-order valence-corrected chi connectivity index (χ4v) is 5.51. The molecule has 1 aromatic heterocycles. The van der Waals surface area contributed by atoms with Crippen LogP contribution in [-0.2, 0) is 26.6 Å². The van der Waals surface area contributed by atoms with Gasteiger partial charge in [0.05, 0.1) is 15.8 Å². The molecule has 0 aliphatic carbocycles. The summed E-state index contributed by atoms with van der Waals surface area (Å²) in [4.78, 5) is 0.161. The van der Waals surface area contributed by atoms with Crippen LogP contribution in [0.4, 0.5) is 0 Å². The van der Waals surface area contributed by atoms with Crippen LogP contribution in [0, 0.1) is 0 Å². The second-order valence-corrected chi connectivity index (χ2v) is 10.2. The molecular weight excluding hydrogens is 362 g/mol. The Kier molecular flexibility index (Phi) is 4.52. The Balaban J connectivity index is 1.94. The first-order chi connectivity index (χ1) is 11.7. The molecule has 1 aliphatic rings. The predicted octanol–water partition coefficient (Wildman–Crippen LogP) is 1.50. The molecule has 0 saturated carbocycles. The van der Waals surface area contributed by atoms with Gasteiger partial charge in [-0.15, -0.1) is 0 Å². The molecule has 0 spiro atoms. The van der Waals surface area contributed by atoms with E-state index in [0.717, 1.165) is 10.00 Å². The molecular formula is C16H21N3O4S2. The Morgan fingerprint density at radius 1 is 0.960 bits per heavy atom. The van der Waals surface area contributed by atoms with E-state index >= 15 is 0 Å². The third kappa shape index (κ3) is 3.01. The van der Waals surface area contributed by atoms with Crippen molar-refractivity contribution in [2.24, 2.45) is 0 Å². The summed E-state index contributed by atoms with van der Waals surface area (Å²) in [6.45, 7) is 2.83. The number of hydrogen-bond acceptors (Lipinski definition) is 4. The zero-order chi connectivity index (χ0) is 18.4. The van der Waals surface area contributed by atoms with E-state index in [0.29, 0.717) is 13.1 Å². The Morgan fingerprint density at radius 3 is 2.16 bits per heavy atom. The number of rotatable bonds is 4. The summed E-state index contributed by atoms with van der Waals surface area (Å²) in [6.07, 6.45) is 1.94. The van der Waals surface area contributed by atoms with Gasteiger partial charge in [-0.2, -0.15) is 4.31 Å². The summed E-state index contributed by atoms with van der Waals surface area (Å²) in [5, 5.41) is 0. The van der Waals surface area contributed by atoms with E-state index in [1.54, 1.807) is 0 Å². The first-order valence-electron chi connectivity index (χ1n) is 7.85. The van der Waals surface area contributed by atoms with Crippen molar-refractivity contribution in [3.8, 4) is 0 Å². The largest absolute Gasteiger partial charge is 0.349 e. The number of nitrogens with zero attached hydrogens (tertiary/aromatic N) is 3. The molecule has 9 heteroatoms. The quantitative estimate of drug-likeness (QED) is 0.801. The lowest BCUT2D eigenvalue weighted by atomic mass is 10.2. The minimum atomic E-state index is -3.70. The van der Waals surface area contributed by atoms with Crippen LogP contribution in [0.1, 0.15) is 18.7 Å². The van der Waals surface area contributed by atoms with Crippen molar-refractivity contribution in [3.63, 3.8) is 0 Å². The van der Waals surface area contributed by atoms with E-state index < -0.39 is 20.0 Å². The van der Waals surface area contributed by atoms with Crippen LogP contribution < -0.4 is 0 Å². The summed E-state index contributed by atoms with van der Waals surface area (Å²) >= 11 is 0. The van der Waals surface area contributed by atoms with Gasteiger partial charge in [0, 0.05) is 39.1 Å². The van der Waals surface area contributed by atoms with Gasteiger partial charge >= 0.3 is 0 Å². The summed E-state index contributed by atoms with van der Waals surface area (Å²) in [7, 11) is -4.42. The van der Waals surface area contributed by atoms with Crippen molar-refractivity contribution >= 4 is 20.0 Å². The second kappa shape index (κ2) is 6.24. The van der Waals surface area contributed by atoms with Crippen LogP contribution in [0.5, 0.6) is 0 Å². The molecule has 1 aromatic carbocycles. The molecule has 7 nitrogen and oxygen atoms in total. The van der Waals surface area contributed by atoms with Gasteiger partial charge in [-0.3, -0.25) is 0 Å². The van der Waals surface area contributed by atoms with E-state index in [1.165, 1.54) is 42.7 Å². The van der Waals surface area contributed by atoms with Crippen molar-refractivity contribution < 1.29 is 16.8 Å². The standard InChI is InChI=1S/C16H21N3O4S2/c1-13-16-5-4-10-18(16)11-12-19(13)25(22,23)15-8-6-14(7-9-15)24(20,21)17(2)3/h4-10,13H,11-12H2,1-3H3/t13-/m0/s1. The van der Waals surface area contributed by atoms with E-state index in [2.05, 4.69) is 0 Å². The lowest BCUT2D eigenvalue weighted by molar-refractivity contribution is 0.282. The monoisotopic (exact) mass is 383 g/mol. The lowest BCUT2D eigenvalue weighted by Crippen LogP contribution is -2.40. The zero-order valence-corrected chi connectivity index (χ0v) is 16.0. The molecule has 0 amide bonds. The molecule has 2 aromatic rings. The first kappa shape index (κ1) is 18.1. The zero-order valence-electron chi connectivity index (χ0n) is 14.3. The highest BCUT2D eigenvalue weighted by Gasteiger charge is 2.34. The van der Waals surface area contributed by atoms with Crippen LogP contribution in [0.15, 0.2) is 52.4 Å². The van der Waals surface area contributed by atoms with Gasteiger partial charge in [-0.25, -0.2) is 21.1 Å². The second-order valence-electron chi connectivity index (χ2n) is 6.18. The van der Waals surface area contributed by atoms with Crippen molar-refractivity contribution in [2.75, 3.05) is 20.6 Å². The average molecular weight is 383 g/mol. The molecule has 3 rings (SSSR count). The number of sulfonamides is 2. The van der Waals surface area contributed by atoms with E-state index in [1.807, 2.05) is 29.8 Å². The Morgan fingerprint density at radius 2 is 1.56 bits per heavy atom. The highest BCUT2D eigenvalue weighted by molar-refractivity contribution is 7.89. The SMILES string of the molecule is C[C@H]1c2cccn2CCN1S(=O)(=O)c1ccc(S(=O)(=O)N(C)C)cc1. The van der Waals surface area contributed by atoms with Gasteiger partial charge in [-0.1, -0.05) is 0 Å². The van der Waals surface area contributed by atoms with Gasteiger partial charge in [0.25, 0.3) is 0 Å². The van der Waals surface area contributed by atoms with Crippen molar-refractivity contribution in [1.29, 1.82) is 0 Å². The molecule has 0 bridgehead atoms. The van der Waals surface area contributed by atoms with Gasteiger partial charge < -0.3 is 4.57 Å². The van der Waals surface area contributed by atoms with Crippen LogP contribution in [0.3, 0.4) is 0 Å². The van der Waals surface area contributed by atoms with Gasteiger partial charge in [0.1, 0.15) is 0 Å². The molecule has 2 heterocycles. The molecule has 1 atom stereocenters. The normalized spacial score (nSPS) is 19.1. The lowest BCUT2D eigenvalue weighted by Gasteiger charge is -2.33. The molecule has 25 heavy (non-hydrogen) atoms. The van der Waals surface area contributed by atoms with E-state index in [9.17, 15) is 16.8 Å². The van der Waals surface area contributed by atoms with Gasteiger partial charge in [-0.05, 0) is 43.3 Å². The molecule has 136 valence electrons. The predicted molar refractivity (Wildman–Crippen MR) is 94.1 cm³/mol. The van der Waals surface area contributed by atoms with Crippen molar-refractivity contribution in [3.05, 3.63) is 48.3 Å². The Labute approximate surface area is 148 Å². The molecule has 0 N–H and O–H groups in total. The Hall–Kier alpha value is -1.68. The maximum absolute atomic E-state index is 13.0. The minimum absolute atomic E-state index is 0.0667. The van der Waals surface area contributed by atoms with Crippen LogP contribution in [0.2, 0.25) is 0 Å². The molecule has 0 radical (unpaired) electrons. The topological polar surface area (TPSA) is 79.7 Å². The minimum Gasteiger partial charge on any atom is -0.349 e.